The highest BCUT2D eigenvalue weighted by Gasteiger charge is 2.32. The number of piperazine rings is 1. The molecule has 11 heteroatoms. The van der Waals surface area contributed by atoms with E-state index < -0.39 is 10.0 Å². The van der Waals surface area contributed by atoms with Crippen molar-refractivity contribution in [1.82, 2.24) is 28.8 Å². The molecular formula is C15H21BrN6O3S. The molecule has 1 aliphatic rings. The lowest BCUT2D eigenvalue weighted by molar-refractivity contribution is -0.133. The summed E-state index contributed by atoms with van der Waals surface area (Å²) in [4.78, 5) is 14.4. The summed E-state index contributed by atoms with van der Waals surface area (Å²) in [5.74, 6) is -0.0710. The first-order valence-corrected chi connectivity index (χ1v) is 10.4. The van der Waals surface area contributed by atoms with E-state index in [4.69, 9.17) is 0 Å². The first-order chi connectivity index (χ1) is 12.2. The van der Waals surface area contributed by atoms with Crippen molar-refractivity contribution in [1.29, 1.82) is 0 Å². The molecule has 1 aliphatic heterocycles. The van der Waals surface area contributed by atoms with Crippen LogP contribution in [0, 0.1) is 13.8 Å². The van der Waals surface area contributed by atoms with Gasteiger partial charge < -0.3 is 4.90 Å². The Morgan fingerprint density at radius 3 is 2.27 bits per heavy atom. The molecule has 26 heavy (non-hydrogen) atoms. The van der Waals surface area contributed by atoms with Crippen molar-refractivity contribution in [2.45, 2.75) is 25.3 Å². The van der Waals surface area contributed by atoms with Gasteiger partial charge in [0.15, 0.2) is 0 Å². The van der Waals surface area contributed by atoms with Crippen LogP contribution in [0.25, 0.3) is 0 Å². The van der Waals surface area contributed by atoms with Crippen molar-refractivity contribution in [3.05, 3.63) is 28.3 Å². The summed E-state index contributed by atoms with van der Waals surface area (Å²) >= 11 is 3.37. The number of carbonyl (C=O) groups is 1. The summed E-state index contributed by atoms with van der Waals surface area (Å²) in [6.45, 7) is 5.01. The topological polar surface area (TPSA) is 93.3 Å². The molecule has 142 valence electrons. The molecule has 1 fully saturated rings. The monoisotopic (exact) mass is 444 g/mol. The van der Waals surface area contributed by atoms with Crippen molar-refractivity contribution in [3.63, 3.8) is 0 Å². The molecule has 0 aliphatic carbocycles. The standard InChI is InChI=1S/C15H21BrN6O3S/c1-11-13(16)8-18-22(11)10-15(23)20-4-6-21(7-5-20)26(24,25)14-9-17-19(3)12(14)2/h8-9H,4-7,10H2,1-3H3. The maximum absolute atomic E-state index is 12.8. The SMILES string of the molecule is Cc1c(S(=O)(=O)N2CCN(C(=O)Cn3ncc(Br)c3C)CC2)cnn1C. The second-order valence-corrected chi connectivity index (χ2v) is 9.00. The van der Waals surface area contributed by atoms with Crippen LogP contribution in [-0.2, 0) is 28.4 Å². The Bertz CT molecular complexity index is 927. The summed E-state index contributed by atoms with van der Waals surface area (Å²) in [6, 6.07) is 0. The molecular weight excluding hydrogens is 424 g/mol. The Hall–Kier alpha value is -1.72. The van der Waals surface area contributed by atoms with Gasteiger partial charge in [-0.2, -0.15) is 14.5 Å². The van der Waals surface area contributed by atoms with Crippen LogP contribution in [-0.4, -0.2) is 69.3 Å². The van der Waals surface area contributed by atoms with Crippen LogP contribution < -0.4 is 0 Å². The molecule has 0 spiro atoms. The van der Waals surface area contributed by atoms with Crippen LogP contribution in [0.2, 0.25) is 0 Å². The molecule has 3 heterocycles. The number of amides is 1. The van der Waals surface area contributed by atoms with Gasteiger partial charge in [0, 0.05) is 33.2 Å². The van der Waals surface area contributed by atoms with E-state index in [1.54, 1.807) is 29.7 Å². The maximum atomic E-state index is 12.8. The van der Waals surface area contributed by atoms with Gasteiger partial charge in [0.25, 0.3) is 0 Å². The zero-order valence-electron chi connectivity index (χ0n) is 14.9. The molecule has 2 aromatic rings. The highest BCUT2D eigenvalue weighted by Crippen LogP contribution is 2.21. The van der Waals surface area contributed by atoms with Crippen LogP contribution in [0.5, 0.6) is 0 Å². The largest absolute Gasteiger partial charge is 0.338 e. The Balaban J connectivity index is 1.64. The third-order valence-corrected chi connectivity index (χ3v) is 7.51. The van der Waals surface area contributed by atoms with E-state index >= 15 is 0 Å². The van der Waals surface area contributed by atoms with Gasteiger partial charge in [0.1, 0.15) is 11.4 Å². The number of sulfonamides is 1. The van der Waals surface area contributed by atoms with E-state index in [1.807, 2.05) is 6.92 Å². The highest BCUT2D eigenvalue weighted by atomic mass is 79.9. The van der Waals surface area contributed by atoms with Crippen LogP contribution in [0.15, 0.2) is 21.8 Å². The molecule has 0 unspecified atom stereocenters. The number of aryl methyl sites for hydroxylation is 1. The lowest BCUT2D eigenvalue weighted by Gasteiger charge is -2.34. The van der Waals surface area contributed by atoms with Gasteiger partial charge in [-0.3, -0.25) is 14.2 Å². The third kappa shape index (κ3) is 3.42. The van der Waals surface area contributed by atoms with E-state index in [0.717, 1.165) is 10.2 Å². The van der Waals surface area contributed by atoms with Gasteiger partial charge in [-0.05, 0) is 29.8 Å². The molecule has 0 saturated carbocycles. The van der Waals surface area contributed by atoms with Crippen LogP contribution >= 0.6 is 15.9 Å². The molecule has 1 amide bonds. The lowest BCUT2D eigenvalue weighted by Crippen LogP contribution is -2.51. The minimum Gasteiger partial charge on any atom is -0.338 e. The fraction of sp³-hybridized carbons (Fsp3) is 0.533. The van der Waals surface area contributed by atoms with Crippen molar-refractivity contribution in [2.24, 2.45) is 7.05 Å². The first-order valence-electron chi connectivity index (χ1n) is 8.16. The minimum atomic E-state index is -3.59. The van der Waals surface area contributed by atoms with Crippen LogP contribution in [0.4, 0.5) is 0 Å². The molecule has 9 nitrogen and oxygen atoms in total. The normalized spacial score (nSPS) is 16.2. The van der Waals surface area contributed by atoms with Gasteiger partial charge in [-0.1, -0.05) is 0 Å². The smallest absolute Gasteiger partial charge is 0.246 e. The first kappa shape index (κ1) is 19.1. The molecule has 3 rings (SSSR count). The summed E-state index contributed by atoms with van der Waals surface area (Å²) in [5.41, 5.74) is 1.48. The number of hydrogen-bond acceptors (Lipinski definition) is 5. The fourth-order valence-electron chi connectivity index (χ4n) is 2.86. The number of carbonyl (C=O) groups excluding carboxylic acids is 1. The van der Waals surface area contributed by atoms with Crippen LogP contribution in [0.3, 0.4) is 0 Å². The van der Waals surface area contributed by atoms with Gasteiger partial charge in [0.2, 0.25) is 15.9 Å². The zero-order chi connectivity index (χ0) is 19.1. The number of rotatable bonds is 4. The number of halogens is 1. The number of aromatic nitrogens is 4. The molecule has 0 radical (unpaired) electrons. The average molecular weight is 445 g/mol. The van der Waals surface area contributed by atoms with Crippen molar-refractivity contribution in [2.75, 3.05) is 26.2 Å². The molecule has 0 N–H and O–H groups in total. The van der Waals surface area contributed by atoms with Crippen molar-refractivity contribution >= 4 is 31.9 Å². The third-order valence-electron chi connectivity index (χ3n) is 4.73. The van der Waals surface area contributed by atoms with Gasteiger partial charge in [-0.25, -0.2) is 8.42 Å². The predicted molar refractivity (Wildman–Crippen MR) is 97.9 cm³/mol. The minimum absolute atomic E-state index is 0.0710. The van der Waals surface area contributed by atoms with E-state index in [1.165, 1.54) is 15.2 Å². The maximum Gasteiger partial charge on any atom is 0.246 e. The van der Waals surface area contributed by atoms with E-state index in [9.17, 15) is 13.2 Å². The number of nitrogens with zero attached hydrogens (tertiary/aromatic N) is 6. The quantitative estimate of drug-likeness (QED) is 0.685. The number of hydrogen-bond donors (Lipinski definition) is 0. The Morgan fingerprint density at radius 1 is 1.12 bits per heavy atom. The average Bonchev–Trinajstić information content (AvgIpc) is 3.12. The Kier molecular flexibility index (Phi) is 5.22. The van der Waals surface area contributed by atoms with Crippen molar-refractivity contribution < 1.29 is 13.2 Å². The second kappa shape index (κ2) is 7.12. The van der Waals surface area contributed by atoms with E-state index in [-0.39, 0.29) is 30.4 Å². The Labute approximate surface area is 160 Å². The molecule has 0 atom stereocenters. The van der Waals surface area contributed by atoms with E-state index in [0.29, 0.717) is 18.8 Å². The van der Waals surface area contributed by atoms with Crippen LogP contribution in [0.1, 0.15) is 11.4 Å². The van der Waals surface area contributed by atoms with Gasteiger partial charge >= 0.3 is 0 Å². The van der Waals surface area contributed by atoms with Crippen molar-refractivity contribution in [3.8, 4) is 0 Å². The summed E-state index contributed by atoms with van der Waals surface area (Å²) in [6.07, 6.45) is 3.03. The summed E-state index contributed by atoms with van der Waals surface area (Å²) in [7, 11) is -1.89. The summed E-state index contributed by atoms with van der Waals surface area (Å²) in [5, 5.41) is 8.17. The second-order valence-electron chi connectivity index (χ2n) is 6.24. The van der Waals surface area contributed by atoms with E-state index in [2.05, 4.69) is 26.1 Å². The summed E-state index contributed by atoms with van der Waals surface area (Å²) < 4.78 is 31.0. The lowest BCUT2D eigenvalue weighted by atomic mass is 10.3. The molecule has 0 aromatic carbocycles. The zero-order valence-corrected chi connectivity index (χ0v) is 17.3. The predicted octanol–water partition coefficient (Wildman–Crippen LogP) is 0.529. The Morgan fingerprint density at radius 2 is 1.77 bits per heavy atom. The van der Waals surface area contributed by atoms with Gasteiger partial charge in [-0.15, -0.1) is 0 Å². The van der Waals surface area contributed by atoms with Gasteiger partial charge in [0.05, 0.1) is 28.3 Å². The molecule has 0 bridgehead atoms. The fourth-order valence-corrected chi connectivity index (χ4v) is 4.76. The molecule has 1 saturated heterocycles. The molecule has 2 aromatic heterocycles. The highest BCUT2D eigenvalue weighted by molar-refractivity contribution is 9.10.